The molecule has 8 nitrogen and oxygen atoms in total. The Labute approximate surface area is 118 Å². The molecule has 0 aromatic carbocycles. The number of urea groups is 2. The van der Waals surface area contributed by atoms with Crippen LogP contribution in [0.3, 0.4) is 0 Å². The number of hydrazine groups is 2. The lowest BCUT2D eigenvalue weighted by Gasteiger charge is -2.07. The van der Waals surface area contributed by atoms with Crippen molar-refractivity contribution in [3.63, 3.8) is 0 Å². The molecular weight excluding hydrogens is 288 g/mol. The average molecular weight is 302 g/mol. The number of carbonyl (C=O) groups is 2. The zero-order valence-corrected chi connectivity index (χ0v) is 11.5. The number of amides is 4. The Morgan fingerprint density at radius 2 is 2.05 bits per heavy atom. The Balaban J connectivity index is 2.01. The van der Waals surface area contributed by atoms with E-state index in [4.69, 9.17) is 5.84 Å². The summed E-state index contributed by atoms with van der Waals surface area (Å²) in [5.41, 5.74) is 5.97. The Kier molecular flexibility index (Phi) is 7.54. The Hall–Kier alpha value is -1.65. The lowest BCUT2D eigenvalue weighted by atomic mass is 10.5. The van der Waals surface area contributed by atoms with Gasteiger partial charge >= 0.3 is 12.1 Å². The molecule has 0 aliphatic heterocycles. The number of carbonyl (C=O) groups excluding carboxylic acids is 2. The van der Waals surface area contributed by atoms with Crippen LogP contribution in [-0.2, 0) is 0 Å². The van der Waals surface area contributed by atoms with Crippen LogP contribution in [0.4, 0.5) is 9.59 Å². The van der Waals surface area contributed by atoms with E-state index in [0.717, 1.165) is 5.03 Å². The number of nitrogens with zero attached hydrogens (tertiary/aromatic N) is 1. The third-order valence-electron chi connectivity index (χ3n) is 1.67. The second kappa shape index (κ2) is 9.30. The molecule has 0 aliphatic rings. The van der Waals surface area contributed by atoms with Crippen LogP contribution in [0.1, 0.15) is 0 Å². The lowest BCUT2D eigenvalue weighted by Crippen LogP contribution is -2.52. The smallest absolute Gasteiger partial charge is 0.336 e. The van der Waals surface area contributed by atoms with Gasteiger partial charge in [0.05, 0.1) is 0 Å². The lowest BCUT2D eigenvalue weighted by molar-refractivity contribution is 0.224. The van der Waals surface area contributed by atoms with Crippen LogP contribution in [0, 0.1) is 0 Å². The van der Waals surface area contributed by atoms with Crippen LogP contribution >= 0.6 is 21.6 Å². The quantitative estimate of drug-likeness (QED) is 0.174. The minimum Gasteiger partial charge on any atom is -0.336 e. The number of aromatic nitrogens is 1. The molecule has 0 unspecified atom stereocenters. The van der Waals surface area contributed by atoms with Crippen LogP contribution in [0.15, 0.2) is 29.4 Å². The Morgan fingerprint density at radius 1 is 1.26 bits per heavy atom. The van der Waals surface area contributed by atoms with E-state index in [9.17, 15) is 9.59 Å². The average Bonchev–Trinajstić information content (AvgIpc) is 2.45. The van der Waals surface area contributed by atoms with Crippen LogP contribution in [0.25, 0.3) is 0 Å². The highest BCUT2D eigenvalue weighted by molar-refractivity contribution is 8.76. The van der Waals surface area contributed by atoms with E-state index in [1.165, 1.54) is 10.8 Å². The molecule has 1 aromatic rings. The van der Waals surface area contributed by atoms with Crippen molar-refractivity contribution in [2.45, 2.75) is 5.03 Å². The minimum absolute atomic E-state index is 0.461. The number of nitrogens with one attached hydrogen (secondary N) is 4. The van der Waals surface area contributed by atoms with Crippen molar-refractivity contribution in [1.82, 2.24) is 26.6 Å². The molecule has 6 N–H and O–H groups in total. The summed E-state index contributed by atoms with van der Waals surface area (Å²) in [6.45, 7) is 0.461. The van der Waals surface area contributed by atoms with E-state index >= 15 is 0 Å². The molecule has 1 heterocycles. The van der Waals surface area contributed by atoms with Gasteiger partial charge in [-0.05, 0) is 22.9 Å². The van der Waals surface area contributed by atoms with Crippen molar-refractivity contribution in [1.29, 1.82) is 0 Å². The first-order valence-corrected chi connectivity index (χ1v) is 7.55. The summed E-state index contributed by atoms with van der Waals surface area (Å²) in [6, 6.07) is 4.47. The normalized spacial score (nSPS) is 9.53. The molecule has 1 rings (SSSR count). The van der Waals surface area contributed by atoms with E-state index in [2.05, 4.69) is 15.7 Å². The highest BCUT2D eigenvalue weighted by Crippen LogP contribution is 2.28. The van der Waals surface area contributed by atoms with E-state index in [0.29, 0.717) is 12.3 Å². The van der Waals surface area contributed by atoms with Gasteiger partial charge in [0.2, 0.25) is 0 Å². The number of hydrogen-bond donors (Lipinski definition) is 5. The second-order valence-electron chi connectivity index (χ2n) is 3.05. The van der Waals surface area contributed by atoms with E-state index in [1.807, 2.05) is 29.1 Å². The van der Waals surface area contributed by atoms with Gasteiger partial charge in [0.25, 0.3) is 0 Å². The number of rotatable bonds is 5. The molecule has 104 valence electrons. The van der Waals surface area contributed by atoms with E-state index in [-0.39, 0.29) is 0 Å². The number of pyridine rings is 1. The summed E-state index contributed by atoms with van der Waals surface area (Å²) in [5, 5.41) is 3.48. The Morgan fingerprint density at radius 3 is 2.74 bits per heavy atom. The summed E-state index contributed by atoms with van der Waals surface area (Å²) in [5.74, 6) is 5.51. The number of hydrogen-bond acceptors (Lipinski definition) is 6. The maximum absolute atomic E-state index is 11.2. The van der Waals surface area contributed by atoms with Crippen LogP contribution in [0.2, 0.25) is 0 Å². The maximum atomic E-state index is 11.2. The van der Waals surface area contributed by atoms with Gasteiger partial charge in [-0.15, -0.1) is 0 Å². The highest BCUT2D eigenvalue weighted by Gasteiger charge is 2.01. The van der Waals surface area contributed by atoms with Gasteiger partial charge in [-0.25, -0.2) is 31.3 Å². The zero-order valence-electron chi connectivity index (χ0n) is 9.88. The molecule has 1 aromatic heterocycles. The predicted octanol–water partition coefficient (Wildman–Crippen LogP) is 0.209. The molecule has 0 fully saturated rings. The molecule has 19 heavy (non-hydrogen) atoms. The van der Waals surface area contributed by atoms with Gasteiger partial charge in [0.1, 0.15) is 5.03 Å². The van der Waals surface area contributed by atoms with Crippen molar-refractivity contribution in [2.75, 3.05) is 12.3 Å². The topological polar surface area (TPSA) is 121 Å². The van der Waals surface area contributed by atoms with Gasteiger partial charge in [-0.2, -0.15) is 0 Å². The monoisotopic (exact) mass is 302 g/mol. The summed E-state index contributed by atoms with van der Waals surface area (Å²) in [7, 11) is 3.10. The predicted molar refractivity (Wildman–Crippen MR) is 74.9 cm³/mol. The third-order valence-corrected chi connectivity index (χ3v) is 3.94. The first-order valence-electron chi connectivity index (χ1n) is 5.23. The first kappa shape index (κ1) is 15.4. The molecule has 10 heteroatoms. The molecule has 0 saturated heterocycles. The van der Waals surface area contributed by atoms with Gasteiger partial charge in [-0.1, -0.05) is 16.9 Å². The van der Waals surface area contributed by atoms with Crippen molar-refractivity contribution < 1.29 is 9.59 Å². The van der Waals surface area contributed by atoms with Crippen molar-refractivity contribution in [3.8, 4) is 0 Å². The largest absolute Gasteiger partial charge is 0.347 e. The molecule has 0 radical (unpaired) electrons. The Bertz CT molecular complexity index is 405. The fraction of sp³-hybridized carbons (Fsp3) is 0.222. The maximum Gasteiger partial charge on any atom is 0.347 e. The highest BCUT2D eigenvalue weighted by atomic mass is 33.1. The molecule has 0 bridgehead atoms. The van der Waals surface area contributed by atoms with Gasteiger partial charge in [0.15, 0.2) is 0 Å². The van der Waals surface area contributed by atoms with E-state index in [1.54, 1.807) is 17.0 Å². The summed E-state index contributed by atoms with van der Waals surface area (Å²) in [4.78, 5) is 26.0. The standard InChI is InChI=1S/C9H14N6O2S2/c10-13-9(17)15-14-8(16)12-5-6-18-19-7-3-1-2-4-11-7/h1-4H,5-6,10H2,(H2,12,14,16)(H2,13,15,17). The molecular formula is C9H14N6O2S2. The molecule has 0 aliphatic carbocycles. The molecule has 0 spiro atoms. The van der Waals surface area contributed by atoms with Crippen LogP contribution in [0.5, 0.6) is 0 Å². The number of nitrogens with two attached hydrogens (primary N) is 1. The zero-order chi connectivity index (χ0) is 13.9. The fourth-order valence-corrected chi connectivity index (χ4v) is 2.68. The van der Waals surface area contributed by atoms with Gasteiger partial charge in [0, 0.05) is 18.5 Å². The van der Waals surface area contributed by atoms with Crippen molar-refractivity contribution in [3.05, 3.63) is 24.4 Å². The first-order chi connectivity index (χ1) is 9.22. The van der Waals surface area contributed by atoms with E-state index < -0.39 is 12.1 Å². The fourth-order valence-electron chi connectivity index (χ4n) is 0.898. The molecule has 0 saturated carbocycles. The third kappa shape index (κ3) is 7.39. The van der Waals surface area contributed by atoms with Crippen LogP contribution < -0.4 is 27.4 Å². The summed E-state index contributed by atoms with van der Waals surface area (Å²) < 4.78 is 0. The van der Waals surface area contributed by atoms with Crippen molar-refractivity contribution >= 4 is 33.7 Å². The van der Waals surface area contributed by atoms with Gasteiger partial charge < -0.3 is 5.32 Å². The molecule has 0 atom stereocenters. The SMILES string of the molecule is NNC(=O)NNC(=O)NCCSSc1ccccn1. The van der Waals surface area contributed by atoms with Gasteiger partial charge in [-0.3, -0.25) is 5.43 Å². The summed E-state index contributed by atoms with van der Waals surface area (Å²) in [6.07, 6.45) is 1.72. The van der Waals surface area contributed by atoms with Crippen molar-refractivity contribution in [2.24, 2.45) is 5.84 Å². The van der Waals surface area contributed by atoms with Crippen LogP contribution in [-0.4, -0.2) is 29.3 Å². The second-order valence-corrected chi connectivity index (χ2v) is 5.49. The minimum atomic E-state index is -0.699. The molecule has 4 amide bonds. The summed E-state index contributed by atoms with van der Waals surface area (Å²) >= 11 is 0.